The summed E-state index contributed by atoms with van der Waals surface area (Å²) in [7, 11) is 0. The second-order valence-corrected chi connectivity index (χ2v) is 5.38. The van der Waals surface area contributed by atoms with E-state index < -0.39 is 0 Å². The highest BCUT2D eigenvalue weighted by atomic mass is 16.2. The molecule has 4 nitrogen and oxygen atoms in total. The topological polar surface area (TPSA) is 53.5 Å². The number of aryl methyl sites for hydroxylation is 3. The zero-order valence-corrected chi connectivity index (χ0v) is 13.2. The zero-order chi connectivity index (χ0) is 15.9. The lowest BCUT2D eigenvalue weighted by Crippen LogP contribution is -2.26. The van der Waals surface area contributed by atoms with Crippen molar-refractivity contribution in [2.24, 2.45) is 5.10 Å². The highest BCUT2D eigenvalue weighted by molar-refractivity contribution is 5.84. The standard InChI is InChI=1S/C18H21N3O/c1-13-4-7-16(8-5-13)11-20-21-18(22)12-19-17-9-6-14(2)10-15(17)3/h4-11,19H,12H2,1-3H3,(H,21,22)/b20-11-. The van der Waals surface area contributed by atoms with Gasteiger partial charge >= 0.3 is 0 Å². The summed E-state index contributed by atoms with van der Waals surface area (Å²) in [5, 5.41) is 7.07. The number of benzene rings is 2. The lowest BCUT2D eigenvalue weighted by molar-refractivity contribution is -0.119. The fraction of sp³-hybridized carbons (Fsp3) is 0.222. The molecule has 2 aromatic carbocycles. The van der Waals surface area contributed by atoms with Gasteiger partial charge in [-0.15, -0.1) is 0 Å². The van der Waals surface area contributed by atoms with E-state index in [2.05, 4.69) is 21.9 Å². The van der Waals surface area contributed by atoms with Gasteiger partial charge in [0.15, 0.2) is 0 Å². The summed E-state index contributed by atoms with van der Waals surface area (Å²) in [4.78, 5) is 11.8. The maximum Gasteiger partial charge on any atom is 0.259 e. The smallest absolute Gasteiger partial charge is 0.259 e. The number of hydrogen-bond acceptors (Lipinski definition) is 3. The third kappa shape index (κ3) is 4.74. The van der Waals surface area contributed by atoms with Gasteiger partial charge in [-0.05, 0) is 38.0 Å². The Bertz CT molecular complexity index is 675. The van der Waals surface area contributed by atoms with E-state index in [9.17, 15) is 4.79 Å². The van der Waals surface area contributed by atoms with Gasteiger partial charge in [-0.1, -0.05) is 47.5 Å². The van der Waals surface area contributed by atoms with Gasteiger partial charge in [-0.25, -0.2) is 5.43 Å². The second kappa shape index (κ2) is 7.41. The van der Waals surface area contributed by atoms with Gasteiger partial charge in [0.05, 0.1) is 12.8 Å². The molecule has 0 aromatic heterocycles. The van der Waals surface area contributed by atoms with Crippen LogP contribution in [0.1, 0.15) is 22.3 Å². The molecule has 2 rings (SSSR count). The van der Waals surface area contributed by atoms with Crippen molar-refractivity contribution in [3.8, 4) is 0 Å². The molecule has 4 heteroatoms. The van der Waals surface area contributed by atoms with Crippen LogP contribution in [-0.2, 0) is 4.79 Å². The molecule has 2 aromatic rings. The first-order chi connectivity index (χ1) is 10.5. The summed E-state index contributed by atoms with van der Waals surface area (Å²) in [6, 6.07) is 14.0. The first-order valence-electron chi connectivity index (χ1n) is 7.24. The molecule has 114 valence electrons. The number of carbonyl (C=O) groups is 1. The number of carbonyl (C=O) groups excluding carboxylic acids is 1. The van der Waals surface area contributed by atoms with Crippen LogP contribution in [0.25, 0.3) is 0 Å². The van der Waals surface area contributed by atoms with Gasteiger partial charge in [0.2, 0.25) is 0 Å². The van der Waals surface area contributed by atoms with E-state index in [0.29, 0.717) is 0 Å². The molecule has 0 saturated heterocycles. The number of nitrogens with zero attached hydrogens (tertiary/aromatic N) is 1. The van der Waals surface area contributed by atoms with Crippen LogP contribution in [0.3, 0.4) is 0 Å². The molecule has 1 amide bonds. The van der Waals surface area contributed by atoms with Crippen molar-refractivity contribution in [1.29, 1.82) is 0 Å². The normalized spacial score (nSPS) is 10.7. The molecule has 0 aliphatic rings. The molecule has 22 heavy (non-hydrogen) atoms. The van der Waals surface area contributed by atoms with Gasteiger partial charge in [0.25, 0.3) is 5.91 Å². The van der Waals surface area contributed by atoms with E-state index in [1.165, 1.54) is 11.1 Å². The van der Waals surface area contributed by atoms with Crippen molar-refractivity contribution in [3.05, 3.63) is 64.7 Å². The Morgan fingerprint density at radius 1 is 1.05 bits per heavy atom. The first kappa shape index (κ1) is 15.8. The van der Waals surface area contributed by atoms with Crippen LogP contribution in [0.15, 0.2) is 47.6 Å². The minimum Gasteiger partial charge on any atom is -0.376 e. The van der Waals surface area contributed by atoms with Crippen molar-refractivity contribution in [2.75, 3.05) is 11.9 Å². The molecule has 0 radical (unpaired) electrons. The van der Waals surface area contributed by atoms with E-state index in [0.717, 1.165) is 16.8 Å². The zero-order valence-electron chi connectivity index (χ0n) is 13.2. The Morgan fingerprint density at radius 2 is 1.73 bits per heavy atom. The van der Waals surface area contributed by atoms with Crippen molar-refractivity contribution in [3.63, 3.8) is 0 Å². The quantitative estimate of drug-likeness (QED) is 0.657. The third-order valence-corrected chi connectivity index (χ3v) is 3.30. The van der Waals surface area contributed by atoms with Crippen LogP contribution in [0.4, 0.5) is 5.69 Å². The Hall–Kier alpha value is -2.62. The van der Waals surface area contributed by atoms with Crippen molar-refractivity contribution in [2.45, 2.75) is 20.8 Å². The summed E-state index contributed by atoms with van der Waals surface area (Å²) in [5.74, 6) is -0.177. The van der Waals surface area contributed by atoms with Crippen LogP contribution >= 0.6 is 0 Å². The fourth-order valence-electron chi connectivity index (χ4n) is 2.06. The van der Waals surface area contributed by atoms with Gasteiger partial charge in [0, 0.05) is 5.69 Å². The molecule has 0 fully saturated rings. The predicted molar refractivity (Wildman–Crippen MR) is 91.3 cm³/mol. The summed E-state index contributed by atoms with van der Waals surface area (Å²) in [6.07, 6.45) is 1.63. The Kier molecular flexibility index (Phi) is 5.31. The van der Waals surface area contributed by atoms with Crippen molar-refractivity contribution in [1.82, 2.24) is 5.43 Å². The minimum absolute atomic E-state index is 0.177. The van der Waals surface area contributed by atoms with Gasteiger partial charge < -0.3 is 5.32 Å². The predicted octanol–water partition coefficient (Wildman–Crippen LogP) is 3.17. The molecule has 0 spiro atoms. The fourth-order valence-corrected chi connectivity index (χ4v) is 2.06. The van der Waals surface area contributed by atoms with Crippen LogP contribution < -0.4 is 10.7 Å². The Labute approximate surface area is 131 Å². The molecule has 0 aliphatic heterocycles. The molecule has 0 unspecified atom stereocenters. The van der Waals surface area contributed by atoms with Crippen molar-refractivity contribution < 1.29 is 4.79 Å². The average molecular weight is 295 g/mol. The maximum atomic E-state index is 11.8. The largest absolute Gasteiger partial charge is 0.376 e. The van der Waals surface area contributed by atoms with Crippen LogP contribution in [0, 0.1) is 20.8 Å². The van der Waals surface area contributed by atoms with E-state index >= 15 is 0 Å². The van der Waals surface area contributed by atoms with E-state index in [-0.39, 0.29) is 12.5 Å². The maximum absolute atomic E-state index is 11.8. The number of amides is 1. The second-order valence-electron chi connectivity index (χ2n) is 5.38. The monoisotopic (exact) mass is 295 g/mol. The number of hydrazone groups is 1. The summed E-state index contributed by atoms with van der Waals surface area (Å²) in [6.45, 7) is 6.28. The average Bonchev–Trinajstić information content (AvgIpc) is 2.48. The molecular weight excluding hydrogens is 274 g/mol. The number of nitrogens with one attached hydrogen (secondary N) is 2. The molecule has 0 saturated carbocycles. The van der Waals surface area contributed by atoms with Crippen LogP contribution in [0.5, 0.6) is 0 Å². The van der Waals surface area contributed by atoms with Crippen molar-refractivity contribution >= 4 is 17.8 Å². The number of hydrogen-bond donors (Lipinski definition) is 2. The summed E-state index contributed by atoms with van der Waals surface area (Å²) in [5.41, 5.74) is 7.95. The van der Waals surface area contributed by atoms with E-state index in [4.69, 9.17) is 0 Å². The molecule has 2 N–H and O–H groups in total. The molecule has 0 bridgehead atoms. The molecule has 0 heterocycles. The summed E-state index contributed by atoms with van der Waals surface area (Å²) >= 11 is 0. The van der Waals surface area contributed by atoms with Gasteiger partial charge in [-0.3, -0.25) is 4.79 Å². The highest BCUT2D eigenvalue weighted by Crippen LogP contribution is 2.15. The SMILES string of the molecule is Cc1ccc(/C=N\NC(=O)CNc2ccc(C)cc2C)cc1. The Balaban J connectivity index is 1.81. The van der Waals surface area contributed by atoms with E-state index in [1.54, 1.807) is 6.21 Å². The van der Waals surface area contributed by atoms with Gasteiger partial charge in [0.1, 0.15) is 0 Å². The first-order valence-corrected chi connectivity index (χ1v) is 7.24. The summed E-state index contributed by atoms with van der Waals surface area (Å²) < 4.78 is 0. The lowest BCUT2D eigenvalue weighted by atomic mass is 10.1. The molecular formula is C18H21N3O. The molecule has 0 atom stereocenters. The highest BCUT2D eigenvalue weighted by Gasteiger charge is 2.02. The number of anilines is 1. The van der Waals surface area contributed by atoms with Crippen LogP contribution in [-0.4, -0.2) is 18.7 Å². The minimum atomic E-state index is -0.177. The third-order valence-electron chi connectivity index (χ3n) is 3.30. The lowest BCUT2D eigenvalue weighted by Gasteiger charge is -2.09. The number of rotatable bonds is 5. The van der Waals surface area contributed by atoms with E-state index in [1.807, 2.05) is 57.2 Å². The van der Waals surface area contributed by atoms with Gasteiger partial charge in [-0.2, -0.15) is 5.10 Å². The molecule has 0 aliphatic carbocycles. The van der Waals surface area contributed by atoms with Crippen LogP contribution in [0.2, 0.25) is 0 Å². The Morgan fingerprint density at radius 3 is 2.41 bits per heavy atom.